The molecule has 0 spiro atoms. The van der Waals surface area contributed by atoms with Crippen molar-refractivity contribution in [1.82, 2.24) is 5.09 Å². The van der Waals surface area contributed by atoms with E-state index in [1.54, 1.807) is 13.8 Å². The zero-order valence-corrected chi connectivity index (χ0v) is 10.9. The van der Waals surface area contributed by atoms with Crippen LogP contribution in [0, 0.1) is 0 Å². The third-order valence-electron chi connectivity index (χ3n) is 2.64. The van der Waals surface area contributed by atoms with Gasteiger partial charge >= 0.3 is 7.75 Å². The van der Waals surface area contributed by atoms with Crippen LogP contribution in [0.3, 0.4) is 0 Å². The van der Waals surface area contributed by atoms with Crippen molar-refractivity contribution in [3.8, 4) is 0 Å². The summed E-state index contributed by atoms with van der Waals surface area (Å²) in [6.07, 6.45) is 2.90. The van der Waals surface area contributed by atoms with Crippen LogP contribution in [0.2, 0.25) is 0 Å². The van der Waals surface area contributed by atoms with Crippen molar-refractivity contribution in [2.45, 2.75) is 51.7 Å². The van der Waals surface area contributed by atoms with Gasteiger partial charge in [-0.3, -0.25) is 9.05 Å². The van der Waals surface area contributed by atoms with Crippen LogP contribution in [0.15, 0.2) is 0 Å². The molecule has 0 aromatic carbocycles. The van der Waals surface area contributed by atoms with Gasteiger partial charge in [-0.05, 0) is 39.5 Å². The molecule has 0 atom stereocenters. The minimum absolute atomic E-state index is 0.118. The average molecular weight is 251 g/mol. The monoisotopic (exact) mass is 251 g/mol. The van der Waals surface area contributed by atoms with Gasteiger partial charge in [-0.15, -0.1) is 0 Å². The topological polar surface area (TPSA) is 67.8 Å². The number of nitrogens with one attached hydrogen (secondary N) is 1. The first kappa shape index (κ1) is 14.1. The fourth-order valence-corrected chi connectivity index (χ4v) is 3.49. The molecule has 6 heteroatoms. The maximum absolute atomic E-state index is 12.1. The summed E-state index contributed by atoms with van der Waals surface area (Å²) in [4.78, 5) is 0. The van der Waals surface area contributed by atoms with E-state index >= 15 is 0 Å². The molecule has 16 heavy (non-hydrogen) atoms. The quantitative estimate of drug-likeness (QED) is 0.707. The van der Waals surface area contributed by atoms with Gasteiger partial charge in [0.15, 0.2) is 0 Å². The lowest BCUT2D eigenvalue weighted by Gasteiger charge is -2.29. The van der Waals surface area contributed by atoms with Gasteiger partial charge in [-0.1, -0.05) is 0 Å². The molecule has 5 nitrogen and oxygen atoms in total. The van der Waals surface area contributed by atoms with E-state index in [1.165, 1.54) is 0 Å². The van der Waals surface area contributed by atoms with Crippen LogP contribution in [-0.2, 0) is 13.6 Å². The Kier molecular flexibility index (Phi) is 5.94. The minimum Gasteiger partial charge on any atom is -0.393 e. The Labute approximate surface area is 97.1 Å². The molecule has 2 N–H and O–H groups in total. The van der Waals surface area contributed by atoms with Gasteiger partial charge < -0.3 is 5.11 Å². The van der Waals surface area contributed by atoms with Gasteiger partial charge in [-0.2, -0.15) is 0 Å². The first-order valence-electron chi connectivity index (χ1n) is 5.94. The molecule has 96 valence electrons. The number of rotatable bonds is 6. The van der Waals surface area contributed by atoms with Gasteiger partial charge in [0.05, 0.1) is 19.3 Å². The second-order valence-corrected chi connectivity index (χ2v) is 5.74. The molecule has 0 aliphatic heterocycles. The largest absolute Gasteiger partial charge is 0.405 e. The third kappa shape index (κ3) is 4.52. The fraction of sp³-hybridized carbons (Fsp3) is 1.00. The summed E-state index contributed by atoms with van der Waals surface area (Å²) in [5, 5.41) is 12.3. The van der Waals surface area contributed by atoms with Crippen LogP contribution in [0.5, 0.6) is 0 Å². The first-order chi connectivity index (χ1) is 7.59. The zero-order valence-electron chi connectivity index (χ0n) is 10.0. The van der Waals surface area contributed by atoms with Gasteiger partial charge in [0.25, 0.3) is 0 Å². The number of aliphatic hydroxyl groups is 1. The molecule has 0 aromatic rings. The molecule has 0 unspecified atom stereocenters. The highest BCUT2D eigenvalue weighted by atomic mass is 31.2. The summed E-state index contributed by atoms with van der Waals surface area (Å²) < 4.78 is 22.5. The molecule has 1 aliphatic rings. The molecule has 1 saturated carbocycles. The van der Waals surface area contributed by atoms with Gasteiger partial charge in [0.2, 0.25) is 0 Å². The van der Waals surface area contributed by atoms with Gasteiger partial charge in [-0.25, -0.2) is 9.65 Å². The van der Waals surface area contributed by atoms with E-state index in [1.807, 2.05) is 0 Å². The normalized spacial score (nSPS) is 26.9. The Morgan fingerprint density at radius 1 is 1.19 bits per heavy atom. The van der Waals surface area contributed by atoms with E-state index < -0.39 is 7.75 Å². The summed E-state index contributed by atoms with van der Waals surface area (Å²) in [6, 6.07) is 0.118. The fourth-order valence-electron chi connectivity index (χ4n) is 1.88. The third-order valence-corrected chi connectivity index (χ3v) is 4.51. The molecule has 0 saturated heterocycles. The van der Waals surface area contributed by atoms with Crippen molar-refractivity contribution in [3.63, 3.8) is 0 Å². The number of hydrogen-bond donors (Lipinski definition) is 2. The van der Waals surface area contributed by atoms with Crippen molar-refractivity contribution in [2.24, 2.45) is 0 Å². The predicted molar refractivity (Wildman–Crippen MR) is 62.3 cm³/mol. The van der Waals surface area contributed by atoms with E-state index in [9.17, 15) is 9.67 Å². The molecule has 0 amide bonds. The molecule has 0 heterocycles. The SMILES string of the molecule is CCOP(=O)(NC1CCC(O)CC1)OCC. The van der Waals surface area contributed by atoms with E-state index in [4.69, 9.17) is 9.05 Å². The highest BCUT2D eigenvalue weighted by Gasteiger charge is 2.29. The van der Waals surface area contributed by atoms with Gasteiger partial charge in [0.1, 0.15) is 0 Å². The van der Waals surface area contributed by atoms with Crippen LogP contribution in [0.4, 0.5) is 0 Å². The first-order valence-corrected chi connectivity index (χ1v) is 7.49. The summed E-state index contributed by atoms with van der Waals surface area (Å²) in [6.45, 7) is 4.30. The van der Waals surface area contributed by atoms with E-state index in [0.29, 0.717) is 13.2 Å². The Balaban J connectivity index is 2.45. The number of aliphatic hydroxyl groups excluding tert-OH is 1. The Morgan fingerprint density at radius 3 is 2.12 bits per heavy atom. The van der Waals surface area contributed by atoms with Crippen molar-refractivity contribution in [1.29, 1.82) is 0 Å². The molecular formula is C10H22NO4P. The lowest BCUT2D eigenvalue weighted by Crippen LogP contribution is -2.33. The van der Waals surface area contributed by atoms with Crippen molar-refractivity contribution < 1.29 is 18.7 Å². The Bertz CT molecular complexity index is 231. The maximum Gasteiger partial charge on any atom is 0.405 e. The number of hydrogen-bond acceptors (Lipinski definition) is 4. The highest BCUT2D eigenvalue weighted by Crippen LogP contribution is 2.45. The molecular weight excluding hydrogens is 229 g/mol. The second kappa shape index (κ2) is 6.72. The second-order valence-electron chi connectivity index (χ2n) is 3.97. The highest BCUT2D eigenvalue weighted by molar-refractivity contribution is 7.51. The van der Waals surface area contributed by atoms with Crippen molar-refractivity contribution in [2.75, 3.05) is 13.2 Å². The molecule has 1 rings (SSSR count). The van der Waals surface area contributed by atoms with Crippen LogP contribution in [0.25, 0.3) is 0 Å². The zero-order chi connectivity index (χ0) is 12.0. The molecule has 0 aromatic heterocycles. The smallest absolute Gasteiger partial charge is 0.393 e. The Hall–Kier alpha value is 0.0700. The summed E-state index contributed by atoms with van der Waals surface area (Å²) >= 11 is 0. The average Bonchev–Trinajstić information content (AvgIpc) is 2.22. The minimum atomic E-state index is -3.14. The predicted octanol–water partition coefficient (Wildman–Crippen LogP) is 2.06. The van der Waals surface area contributed by atoms with Crippen molar-refractivity contribution in [3.05, 3.63) is 0 Å². The van der Waals surface area contributed by atoms with E-state index in [0.717, 1.165) is 25.7 Å². The van der Waals surface area contributed by atoms with Crippen molar-refractivity contribution >= 4 is 7.75 Å². The van der Waals surface area contributed by atoms with E-state index in [2.05, 4.69) is 5.09 Å². The van der Waals surface area contributed by atoms with Crippen LogP contribution in [-0.4, -0.2) is 30.5 Å². The summed E-state index contributed by atoms with van der Waals surface area (Å²) in [5.74, 6) is 0. The molecule has 0 radical (unpaired) electrons. The van der Waals surface area contributed by atoms with E-state index in [-0.39, 0.29) is 12.1 Å². The van der Waals surface area contributed by atoms with Crippen LogP contribution < -0.4 is 5.09 Å². The standard InChI is InChI=1S/C10H22NO4P/c1-3-14-16(13,15-4-2)11-9-5-7-10(12)8-6-9/h9-10,12H,3-8H2,1-2H3,(H,11,13). The van der Waals surface area contributed by atoms with Crippen LogP contribution in [0.1, 0.15) is 39.5 Å². The molecule has 0 bridgehead atoms. The summed E-state index contributed by atoms with van der Waals surface area (Å²) in [7, 11) is -3.14. The maximum atomic E-state index is 12.1. The lowest BCUT2D eigenvalue weighted by molar-refractivity contribution is 0.116. The molecule has 1 fully saturated rings. The van der Waals surface area contributed by atoms with Gasteiger partial charge in [0, 0.05) is 6.04 Å². The molecule has 1 aliphatic carbocycles. The Morgan fingerprint density at radius 2 is 1.69 bits per heavy atom. The summed E-state index contributed by atoms with van der Waals surface area (Å²) in [5.41, 5.74) is 0. The lowest BCUT2D eigenvalue weighted by atomic mass is 9.94. The van der Waals surface area contributed by atoms with Crippen LogP contribution >= 0.6 is 7.75 Å².